The number of amides is 2. The maximum atomic E-state index is 14.2. The van der Waals surface area contributed by atoms with Crippen LogP contribution in [0.5, 0.6) is 5.75 Å². The Morgan fingerprint density at radius 2 is 1.71 bits per heavy atom. The summed E-state index contributed by atoms with van der Waals surface area (Å²) in [7, 11) is 1.57. The third-order valence-electron chi connectivity index (χ3n) is 5.67. The molecule has 0 bridgehead atoms. The van der Waals surface area contributed by atoms with Gasteiger partial charge in [-0.05, 0) is 66.7 Å². The Hall–Kier alpha value is -3.78. The molecule has 1 heterocycles. The van der Waals surface area contributed by atoms with Gasteiger partial charge in [-0.1, -0.05) is 36.4 Å². The summed E-state index contributed by atoms with van der Waals surface area (Å²) in [6.45, 7) is 0.301. The number of nitrogens with zero attached hydrogens (tertiary/aromatic N) is 2. The van der Waals surface area contributed by atoms with Crippen molar-refractivity contribution in [1.29, 1.82) is 0 Å². The highest BCUT2D eigenvalue weighted by atomic mass is 32.1. The molecule has 1 aliphatic heterocycles. The zero-order valence-corrected chi connectivity index (χ0v) is 19.4. The van der Waals surface area contributed by atoms with Crippen molar-refractivity contribution >= 4 is 40.5 Å². The fourth-order valence-corrected chi connectivity index (χ4v) is 4.32. The number of thiocarbonyl (C=S) groups is 1. The van der Waals surface area contributed by atoms with Crippen molar-refractivity contribution in [3.63, 3.8) is 0 Å². The van der Waals surface area contributed by atoms with Crippen LogP contribution >= 0.6 is 12.2 Å². The van der Waals surface area contributed by atoms with E-state index in [1.165, 1.54) is 11.0 Å². The number of halogens is 1. The van der Waals surface area contributed by atoms with Gasteiger partial charge < -0.3 is 15.0 Å². The highest BCUT2D eigenvalue weighted by Gasteiger charge is 2.43. The van der Waals surface area contributed by atoms with Crippen LogP contribution in [0.1, 0.15) is 12.0 Å². The van der Waals surface area contributed by atoms with Crippen LogP contribution in [0.3, 0.4) is 0 Å². The Kier molecular flexibility index (Phi) is 7.18. The second kappa shape index (κ2) is 10.4. The Balaban J connectivity index is 1.54. The van der Waals surface area contributed by atoms with Crippen LogP contribution < -0.4 is 15.0 Å². The van der Waals surface area contributed by atoms with Crippen LogP contribution in [0.15, 0.2) is 78.9 Å². The first kappa shape index (κ1) is 23.4. The highest BCUT2D eigenvalue weighted by molar-refractivity contribution is 7.80. The fourth-order valence-electron chi connectivity index (χ4n) is 3.91. The van der Waals surface area contributed by atoms with Gasteiger partial charge in [0, 0.05) is 12.2 Å². The number of rotatable bonds is 8. The third kappa shape index (κ3) is 5.07. The molecule has 0 aliphatic carbocycles. The van der Waals surface area contributed by atoms with E-state index in [1.54, 1.807) is 66.6 Å². The smallest absolute Gasteiger partial charge is 0.256 e. The summed E-state index contributed by atoms with van der Waals surface area (Å²) in [5.74, 6) is -0.244. The summed E-state index contributed by atoms with van der Waals surface area (Å²) in [6, 6.07) is 21.7. The number of benzene rings is 3. The average Bonchev–Trinajstić information content (AvgIpc) is 3.08. The summed E-state index contributed by atoms with van der Waals surface area (Å²) in [5, 5.41) is 3.12. The van der Waals surface area contributed by atoms with E-state index in [0.29, 0.717) is 40.8 Å². The van der Waals surface area contributed by atoms with Crippen LogP contribution in [0.4, 0.5) is 15.8 Å². The molecule has 6 nitrogen and oxygen atoms in total. The van der Waals surface area contributed by atoms with Gasteiger partial charge in [0.2, 0.25) is 5.91 Å². The number of para-hydroxylation sites is 1. The van der Waals surface area contributed by atoms with Crippen LogP contribution in [-0.2, 0) is 16.0 Å². The molecule has 34 heavy (non-hydrogen) atoms. The molecule has 0 radical (unpaired) electrons. The van der Waals surface area contributed by atoms with Crippen molar-refractivity contribution in [1.82, 2.24) is 4.90 Å². The minimum absolute atomic E-state index is 0.0917. The van der Waals surface area contributed by atoms with Crippen molar-refractivity contribution in [3.8, 4) is 5.75 Å². The predicted molar refractivity (Wildman–Crippen MR) is 133 cm³/mol. The Morgan fingerprint density at radius 1 is 1.03 bits per heavy atom. The van der Waals surface area contributed by atoms with E-state index in [9.17, 15) is 14.0 Å². The molecule has 0 saturated carbocycles. The van der Waals surface area contributed by atoms with Crippen LogP contribution in [-0.4, -0.2) is 41.5 Å². The normalized spacial score (nSPS) is 15.5. The topological polar surface area (TPSA) is 61.9 Å². The largest absolute Gasteiger partial charge is 0.497 e. The van der Waals surface area contributed by atoms with Crippen molar-refractivity contribution in [2.45, 2.75) is 18.9 Å². The van der Waals surface area contributed by atoms with E-state index in [1.807, 2.05) is 18.2 Å². The molecule has 3 aromatic rings. The lowest BCUT2D eigenvalue weighted by atomic mass is 10.1. The molecule has 8 heteroatoms. The fraction of sp³-hybridized carbons (Fsp3) is 0.192. The second-order valence-corrected chi connectivity index (χ2v) is 8.19. The van der Waals surface area contributed by atoms with E-state index >= 15 is 0 Å². The number of carbonyl (C=O) groups excluding carboxylic acids is 2. The molecule has 1 fully saturated rings. The minimum Gasteiger partial charge on any atom is -0.497 e. The number of anilines is 2. The Morgan fingerprint density at radius 3 is 2.38 bits per heavy atom. The Labute approximate surface area is 202 Å². The van der Waals surface area contributed by atoms with Crippen LogP contribution in [0.2, 0.25) is 0 Å². The Bertz CT molecular complexity index is 1190. The summed E-state index contributed by atoms with van der Waals surface area (Å²) in [4.78, 5) is 29.4. The van der Waals surface area contributed by atoms with Crippen LogP contribution in [0, 0.1) is 5.82 Å². The molecule has 1 atom stereocenters. The van der Waals surface area contributed by atoms with E-state index < -0.39 is 6.04 Å². The molecule has 2 amide bonds. The summed E-state index contributed by atoms with van der Waals surface area (Å²) in [5.41, 5.74) is 1.75. The molecular weight excluding hydrogens is 453 g/mol. The lowest BCUT2D eigenvalue weighted by molar-refractivity contribution is -0.124. The zero-order valence-electron chi connectivity index (χ0n) is 18.6. The summed E-state index contributed by atoms with van der Waals surface area (Å²) in [6.07, 6.45) is 0.255. The minimum atomic E-state index is -0.794. The first-order chi connectivity index (χ1) is 16.5. The highest BCUT2D eigenvalue weighted by Crippen LogP contribution is 2.28. The van der Waals surface area contributed by atoms with Gasteiger partial charge in [0.05, 0.1) is 19.2 Å². The first-order valence-corrected chi connectivity index (χ1v) is 11.3. The van der Waals surface area contributed by atoms with Crippen molar-refractivity contribution in [3.05, 3.63) is 90.2 Å². The van der Waals surface area contributed by atoms with E-state index in [4.69, 9.17) is 17.0 Å². The van der Waals surface area contributed by atoms with Crippen LogP contribution in [0.25, 0.3) is 0 Å². The number of methoxy groups -OCH3 is 1. The number of nitrogens with one attached hydrogen (secondary N) is 1. The van der Waals surface area contributed by atoms with Crippen molar-refractivity contribution in [2.75, 3.05) is 23.9 Å². The standard InChI is InChI=1S/C26H24FN3O3S/c1-33-21-13-11-19(12-14-21)28-24(31)17-23-25(32)30(20-8-3-2-4-9-20)26(34)29(23)16-15-18-7-5-6-10-22(18)27/h2-14,23H,15-17H2,1H3,(H,28,31)/t23-/m0/s1. The summed E-state index contributed by atoms with van der Waals surface area (Å²) < 4.78 is 19.3. The van der Waals surface area contributed by atoms with Crippen molar-refractivity contribution in [2.24, 2.45) is 0 Å². The molecule has 4 rings (SSSR count). The van der Waals surface area contributed by atoms with Gasteiger partial charge in [0.25, 0.3) is 5.91 Å². The average molecular weight is 478 g/mol. The van der Waals surface area contributed by atoms with Crippen molar-refractivity contribution < 1.29 is 18.7 Å². The molecule has 0 unspecified atom stereocenters. The maximum absolute atomic E-state index is 14.2. The summed E-state index contributed by atoms with van der Waals surface area (Å²) >= 11 is 5.65. The van der Waals surface area contributed by atoms with E-state index in [-0.39, 0.29) is 24.1 Å². The van der Waals surface area contributed by atoms with Gasteiger partial charge in [0.15, 0.2) is 5.11 Å². The van der Waals surface area contributed by atoms with E-state index in [2.05, 4.69) is 5.32 Å². The maximum Gasteiger partial charge on any atom is 0.256 e. The molecular formula is C26H24FN3O3S. The third-order valence-corrected chi connectivity index (χ3v) is 6.08. The molecule has 174 valence electrons. The number of hydrogen-bond acceptors (Lipinski definition) is 4. The number of ether oxygens (including phenoxy) is 1. The van der Waals surface area contributed by atoms with Gasteiger partial charge in [-0.15, -0.1) is 0 Å². The van der Waals surface area contributed by atoms with E-state index in [0.717, 1.165) is 0 Å². The number of carbonyl (C=O) groups is 2. The molecule has 1 saturated heterocycles. The SMILES string of the molecule is COc1ccc(NC(=O)C[C@H]2C(=O)N(c3ccccc3)C(=S)N2CCc2ccccc2F)cc1. The quantitative estimate of drug-likeness (QED) is 0.487. The molecule has 1 N–H and O–H groups in total. The molecule has 0 spiro atoms. The van der Waals surface area contributed by atoms with Gasteiger partial charge in [-0.3, -0.25) is 14.5 Å². The second-order valence-electron chi connectivity index (χ2n) is 7.82. The van der Waals surface area contributed by atoms with Gasteiger partial charge in [0.1, 0.15) is 17.6 Å². The van der Waals surface area contributed by atoms with Gasteiger partial charge >= 0.3 is 0 Å². The molecule has 3 aromatic carbocycles. The predicted octanol–water partition coefficient (Wildman–Crippen LogP) is 4.41. The lowest BCUT2D eigenvalue weighted by Gasteiger charge is -2.24. The zero-order chi connectivity index (χ0) is 24.1. The van der Waals surface area contributed by atoms with Gasteiger partial charge in [-0.25, -0.2) is 4.39 Å². The first-order valence-electron chi connectivity index (χ1n) is 10.8. The van der Waals surface area contributed by atoms with Gasteiger partial charge in [-0.2, -0.15) is 0 Å². The number of hydrogen-bond donors (Lipinski definition) is 1. The molecule has 0 aromatic heterocycles. The monoisotopic (exact) mass is 477 g/mol. The lowest BCUT2D eigenvalue weighted by Crippen LogP contribution is -2.39. The molecule has 1 aliphatic rings.